The summed E-state index contributed by atoms with van der Waals surface area (Å²) < 4.78 is 0. The van der Waals surface area contributed by atoms with Crippen molar-refractivity contribution >= 4 is 29.9 Å². The van der Waals surface area contributed by atoms with E-state index in [1.165, 1.54) is 12.8 Å². The van der Waals surface area contributed by atoms with Crippen LogP contribution >= 0.6 is 24.0 Å². The van der Waals surface area contributed by atoms with E-state index in [0.29, 0.717) is 11.6 Å². The molecule has 2 aromatic carbocycles. The van der Waals surface area contributed by atoms with Crippen LogP contribution in [0, 0.1) is 0 Å². The molecule has 0 aromatic heterocycles. The van der Waals surface area contributed by atoms with Crippen molar-refractivity contribution in [3.05, 3.63) is 59.1 Å². The molecule has 0 saturated carbocycles. The van der Waals surface area contributed by atoms with Gasteiger partial charge >= 0.3 is 0 Å². The minimum atomic E-state index is -0.00865. The first-order valence-electron chi connectivity index (χ1n) is 8.10. The van der Waals surface area contributed by atoms with Gasteiger partial charge in [0.25, 0.3) is 5.91 Å². The second kappa shape index (κ2) is 9.07. The molecule has 2 N–H and O–H groups in total. The average Bonchev–Trinajstić information content (AvgIpc) is 3.09. The van der Waals surface area contributed by atoms with Crippen molar-refractivity contribution in [3.63, 3.8) is 0 Å². The molecule has 5 heteroatoms. The highest BCUT2D eigenvalue weighted by molar-refractivity contribution is 6.30. The highest BCUT2D eigenvalue weighted by atomic mass is 35.5. The summed E-state index contributed by atoms with van der Waals surface area (Å²) in [6, 6.07) is 15.9. The predicted molar refractivity (Wildman–Crippen MR) is 102 cm³/mol. The molecule has 3 rings (SSSR count). The molecule has 1 saturated heterocycles. The first-order valence-corrected chi connectivity index (χ1v) is 8.48. The Balaban J connectivity index is 0.00000208. The van der Waals surface area contributed by atoms with E-state index >= 15 is 0 Å². The van der Waals surface area contributed by atoms with Crippen LogP contribution in [0.3, 0.4) is 0 Å². The number of carbonyl (C=O) groups excluding carboxylic acids is 1. The Bertz CT molecular complexity index is 650. The fourth-order valence-corrected chi connectivity index (χ4v) is 3.05. The van der Waals surface area contributed by atoms with Crippen LogP contribution in [0.1, 0.15) is 29.6 Å². The maximum atomic E-state index is 12.2. The summed E-state index contributed by atoms with van der Waals surface area (Å²) in [4.78, 5) is 12.2. The molecule has 1 aliphatic rings. The second-order valence-electron chi connectivity index (χ2n) is 5.92. The van der Waals surface area contributed by atoms with Gasteiger partial charge in [-0.15, -0.1) is 12.4 Å². The van der Waals surface area contributed by atoms with E-state index in [4.69, 9.17) is 11.6 Å². The number of amides is 1. The molecule has 0 unspecified atom stereocenters. The van der Waals surface area contributed by atoms with Crippen LogP contribution in [0.4, 0.5) is 0 Å². The fraction of sp³-hybridized carbons (Fsp3) is 0.316. The highest BCUT2D eigenvalue weighted by Crippen LogP contribution is 2.21. The summed E-state index contributed by atoms with van der Waals surface area (Å²) in [6.45, 7) is 1.82. The van der Waals surface area contributed by atoms with Crippen molar-refractivity contribution in [1.82, 2.24) is 10.6 Å². The van der Waals surface area contributed by atoms with Gasteiger partial charge in [0, 0.05) is 23.2 Å². The molecule has 0 radical (unpaired) electrons. The first kappa shape index (κ1) is 18.8. The number of nitrogens with one attached hydrogen (secondary N) is 2. The van der Waals surface area contributed by atoms with Crippen molar-refractivity contribution in [2.45, 2.75) is 25.3 Å². The SMILES string of the molecule is Cl.O=C(NCC[C@H]1CCCN1)c1ccc(-c2ccc(Cl)cc2)cc1. The molecule has 1 aliphatic heterocycles. The lowest BCUT2D eigenvalue weighted by Crippen LogP contribution is -2.30. The van der Waals surface area contributed by atoms with E-state index in [9.17, 15) is 4.79 Å². The van der Waals surface area contributed by atoms with Gasteiger partial charge in [0.2, 0.25) is 0 Å². The van der Waals surface area contributed by atoms with Gasteiger partial charge in [0.15, 0.2) is 0 Å². The van der Waals surface area contributed by atoms with Crippen LogP contribution < -0.4 is 10.6 Å². The van der Waals surface area contributed by atoms with Crippen LogP contribution in [0.5, 0.6) is 0 Å². The van der Waals surface area contributed by atoms with Crippen LogP contribution in [0.25, 0.3) is 11.1 Å². The smallest absolute Gasteiger partial charge is 0.251 e. The van der Waals surface area contributed by atoms with Crippen molar-refractivity contribution in [1.29, 1.82) is 0 Å². The number of benzene rings is 2. The van der Waals surface area contributed by atoms with E-state index in [1.54, 1.807) is 0 Å². The number of hydrogen-bond acceptors (Lipinski definition) is 2. The third-order valence-corrected chi connectivity index (χ3v) is 4.52. The zero-order chi connectivity index (χ0) is 16.1. The molecule has 3 nitrogen and oxygen atoms in total. The van der Waals surface area contributed by atoms with Crippen molar-refractivity contribution in [2.75, 3.05) is 13.1 Å². The van der Waals surface area contributed by atoms with E-state index in [0.717, 1.165) is 35.7 Å². The standard InChI is InChI=1S/C19H21ClN2O.ClH/c20-17-9-7-15(8-10-17)14-3-5-16(6-4-14)19(23)22-13-11-18-2-1-12-21-18;/h3-10,18,21H,1-2,11-13H2,(H,22,23);1H/t18-;/m1./s1. The molecule has 128 valence electrons. The van der Waals surface area contributed by atoms with Crippen LogP contribution in [0.15, 0.2) is 48.5 Å². The molecule has 1 heterocycles. The van der Waals surface area contributed by atoms with Crippen molar-refractivity contribution in [2.24, 2.45) is 0 Å². The van der Waals surface area contributed by atoms with Gasteiger partial charge in [-0.25, -0.2) is 0 Å². The van der Waals surface area contributed by atoms with Crippen LogP contribution in [-0.2, 0) is 0 Å². The van der Waals surface area contributed by atoms with Crippen LogP contribution in [-0.4, -0.2) is 25.0 Å². The summed E-state index contributed by atoms with van der Waals surface area (Å²) >= 11 is 5.90. The highest BCUT2D eigenvalue weighted by Gasteiger charge is 2.14. The van der Waals surface area contributed by atoms with Crippen molar-refractivity contribution in [3.8, 4) is 11.1 Å². The predicted octanol–water partition coefficient (Wildman–Crippen LogP) is 4.30. The van der Waals surface area contributed by atoms with E-state index in [-0.39, 0.29) is 18.3 Å². The quantitative estimate of drug-likeness (QED) is 0.830. The molecule has 0 spiro atoms. The van der Waals surface area contributed by atoms with Gasteiger partial charge in [-0.2, -0.15) is 0 Å². The molecular weight excluding hydrogens is 343 g/mol. The van der Waals surface area contributed by atoms with Crippen molar-refractivity contribution < 1.29 is 4.79 Å². The van der Waals surface area contributed by atoms with Gasteiger partial charge in [-0.1, -0.05) is 35.9 Å². The van der Waals surface area contributed by atoms with Gasteiger partial charge < -0.3 is 10.6 Å². The second-order valence-corrected chi connectivity index (χ2v) is 6.36. The molecule has 2 aromatic rings. The largest absolute Gasteiger partial charge is 0.352 e. The molecular formula is C19H22Cl2N2O. The Hall–Kier alpha value is -1.55. The van der Waals surface area contributed by atoms with E-state index in [2.05, 4.69) is 10.6 Å². The zero-order valence-corrected chi connectivity index (χ0v) is 15.0. The Morgan fingerprint density at radius 3 is 2.29 bits per heavy atom. The lowest BCUT2D eigenvalue weighted by Gasteiger charge is -2.11. The van der Waals surface area contributed by atoms with Gasteiger partial charge in [0.05, 0.1) is 0 Å². The molecule has 1 amide bonds. The molecule has 1 atom stereocenters. The molecule has 1 fully saturated rings. The minimum absolute atomic E-state index is 0. The van der Waals surface area contributed by atoms with Gasteiger partial charge in [0.1, 0.15) is 0 Å². The summed E-state index contributed by atoms with van der Waals surface area (Å²) in [7, 11) is 0. The Morgan fingerprint density at radius 1 is 1.08 bits per heavy atom. The lowest BCUT2D eigenvalue weighted by atomic mass is 10.0. The first-order chi connectivity index (χ1) is 11.2. The van der Waals surface area contributed by atoms with Crippen LogP contribution in [0.2, 0.25) is 5.02 Å². The monoisotopic (exact) mass is 364 g/mol. The summed E-state index contributed by atoms with van der Waals surface area (Å²) in [6.07, 6.45) is 3.45. The zero-order valence-electron chi connectivity index (χ0n) is 13.4. The lowest BCUT2D eigenvalue weighted by molar-refractivity contribution is 0.0952. The average molecular weight is 365 g/mol. The molecule has 0 bridgehead atoms. The minimum Gasteiger partial charge on any atom is -0.352 e. The third kappa shape index (κ3) is 4.97. The van der Waals surface area contributed by atoms with E-state index < -0.39 is 0 Å². The molecule has 0 aliphatic carbocycles. The number of carbonyl (C=O) groups is 1. The maximum absolute atomic E-state index is 12.2. The Morgan fingerprint density at radius 2 is 1.71 bits per heavy atom. The van der Waals surface area contributed by atoms with Gasteiger partial charge in [-0.05, 0) is 61.2 Å². The maximum Gasteiger partial charge on any atom is 0.251 e. The normalized spacial score (nSPS) is 16.5. The summed E-state index contributed by atoms with van der Waals surface area (Å²) in [5.74, 6) is -0.00865. The third-order valence-electron chi connectivity index (χ3n) is 4.27. The fourth-order valence-electron chi connectivity index (χ4n) is 2.92. The van der Waals surface area contributed by atoms with E-state index in [1.807, 2.05) is 48.5 Å². The summed E-state index contributed by atoms with van der Waals surface area (Å²) in [5, 5.41) is 7.16. The summed E-state index contributed by atoms with van der Waals surface area (Å²) in [5.41, 5.74) is 2.86. The number of rotatable bonds is 5. The number of halogens is 2. The topological polar surface area (TPSA) is 41.1 Å². The molecule has 24 heavy (non-hydrogen) atoms. The number of hydrogen-bond donors (Lipinski definition) is 2. The Labute approximate surface area is 154 Å². The van der Waals surface area contributed by atoms with Gasteiger partial charge in [-0.3, -0.25) is 4.79 Å². The Kier molecular flexibility index (Phi) is 7.10.